The topological polar surface area (TPSA) is 29.1 Å². The Bertz CT molecular complexity index is 372. The molecule has 0 unspecified atom stereocenters. The largest absolute Gasteiger partial charge is 0.349 e. The minimum atomic E-state index is 0.0208. The van der Waals surface area contributed by atoms with Gasteiger partial charge in [-0.05, 0) is 37.5 Å². The summed E-state index contributed by atoms with van der Waals surface area (Å²) in [5.74, 6) is 0.0208. The number of nitrogens with one attached hydrogen (secondary N) is 1. The Balaban J connectivity index is 2.84. The van der Waals surface area contributed by atoms with E-state index in [9.17, 15) is 4.79 Å². The predicted octanol–water partition coefficient (Wildman–Crippen LogP) is 3.68. The average molecular weight is 284 g/mol. The predicted molar refractivity (Wildman–Crippen MR) is 70.7 cm³/mol. The molecular weight excluding hydrogens is 266 g/mol. The number of hydrogen-bond acceptors (Lipinski definition) is 1. The normalized spacial score (nSPS) is 10.6. The van der Waals surface area contributed by atoms with Crippen LogP contribution in [-0.4, -0.2) is 11.9 Å². The van der Waals surface area contributed by atoms with Gasteiger partial charge >= 0.3 is 0 Å². The Hall–Kier alpha value is -0.830. The van der Waals surface area contributed by atoms with Gasteiger partial charge in [0.1, 0.15) is 0 Å². The number of hydrogen-bond donors (Lipinski definition) is 1. The molecule has 88 valence electrons. The molecule has 0 saturated carbocycles. The van der Waals surface area contributed by atoms with Crippen LogP contribution in [0.1, 0.15) is 42.6 Å². The maximum atomic E-state index is 12.0. The monoisotopic (exact) mass is 283 g/mol. The maximum absolute atomic E-state index is 12.0. The second-order valence-corrected chi connectivity index (χ2v) is 4.75. The van der Waals surface area contributed by atoms with E-state index in [1.165, 1.54) is 0 Å². The second kappa shape index (κ2) is 6.04. The Morgan fingerprint density at radius 1 is 1.38 bits per heavy atom. The molecule has 0 aromatic heterocycles. The summed E-state index contributed by atoms with van der Waals surface area (Å²) in [6.45, 7) is 6.12. The van der Waals surface area contributed by atoms with E-state index in [1.807, 2.05) is 25.1 Å². The van der Waals surface area contributed by atoms with Crippen molar-refractivity contribution < 1.29 is 4.79 Å². The summed E-state index contributed by atoms with van der Waals surface area (Å²) in [5, 5.41) is 3.04. The lowest BCUT2D eigenvalue weighted by Gasteiger charge is -2.16. The van der Waals surface area contributed by atoms with Crippen LogP contribution in [0.25, 0.3) is 0 Å². The molecule has 0 radical (unpaired) electrons. The Morgan fingerprint density at radius 3 is 2.56 bits per heavy atom. The first-order valence-electron chi connectivity index (χ1n) is 5.66. The van der Waals surface area contributed by atoms with Crippen LogP contribution in [0.2, 0.25) is 0 Å². The smallest absolute Gasteiger partial charge is 0.251 e. The van der Waals surface area contributed by atoms with Crippen molar-refractivity contribution in [1.29, 1.82) is 0 Å². The molecule has 0 aliphatic rings. The van der Waals surface area contributed by atoms with Crippen LogP contribution in [0.4, 0.5) is 0 Å². The van der Waals surface area contributed by atoms with Gasteiger partial charge in [0.25, 0.3) is 5.91 Å². The number of rotatable bonds is 4. The molecular formula is C13H18BrNO. The highest BCUT2D eigenvalue weighted by atomic mass is 79.9. The minimum absolute atomic E-state index is 0.0208. The van der Waals surface area contributed by atoms with Gasteiger partial charge in [-0.3, -0.25) is 4.79 Å². The van der Waals surface area contributed by atoms with Crippen LogP contribution in [-0.2, 0) is 0 Å². The van der Waals surface area contributed by atoms with Gasteiger partial charge in [0.2, 0.25) is 0 Å². The van der Waals surface area contributed by atoms with Crippen molar-refractivity contribution in [2.45, 2.75) is 39.7 Å². The zero-order valence-electron chi connectivity index (χ0n) is 10.0. The number of halogens is 1. The molecule has 1 rings (SSSR count). The fraction of sp³-hybridized carbons (Fsp3) is 0.462. The van der Waals surface area contributed by atoms with Crippen molar-refractivity contribution in [3.63, 3.8) is 0 Å². The number of amides is 1. The molecule has 0 bridgehead atoms. The first kappa shape index (κ1) is 13.2. The van der Waals surface area contributed by atoms with E-state index in [2.05, 4.69) is 35.1 Å². The van der Waals surface area contributed by atoms with E-state index in [4.69, 9.17) is 0 Å². The van der Waals surface area contributed by atoms with E-state index in [1.54, 1.807) is 0 Å². The van der Waals surface area contributed by atoms with E-state index in [0.717, 1.165) is 28.4 Å². The van der Waals surface area contributed by atoms with Gasteiger partial charge < -0.3 is 5.32 Å². The van der Waals surface area contributed by atoms with Gasteiger partial charge in [-0.15, -0.1) is 0 Å². The summed E-state index contributed by atoms with van der Waals surface area (Å²) < 4.78 is 0.977. The summed E-state index contributed by atoms with van der Waals surface area (Å²) in [7, 11) is 0. The van der Waals surface area contributed by atoms with Gasteiger partial charge in [-0.1, -0.05) is 35.8 Å². The summed E-state index contributed by atoms with van der Waals surface area (Å²) in [6, 6.07) is 5.96. The molecule has 2 nitrogen and oxygen atoms in total. The van der Waals surface area contributed by atoms with Crippen LogP contribution in [0.5, 0.6) is 0 Å². The molecule has 0 heterocycles. The molecule has 0 atom stereocenters. The minimum Gasteiger partial charge on any atom is -0.349 e. The zero-order valence-corrected chi connectivity index (χ0v) is 11.6. The summed E-state index contributed by atoms with van der Waals surface area (Å²) in [6.07, 6.45) is 1.94. The molecule has 3 heteroatoms. The number of carbonyl (C=O) groups is 1. The van der Waals surface area contributed by atoms with Gasteiger partial charge in [-0.25, -0.2) is 0 Å². The lowest BCUT2D eigenvalue weighted by molar-refractivity contribution is 0.0934. The molecule has 0 spiro atoms. The van der Waals surface area contributed by atoms with E-state index < -0.39 is 0 Å². The van der Waals surface area contributed by atoms with Gasteiger partial charge in [0.15, 0.2) is 0 Å². The average Bonchev–Trinajstić information content (AvgIpc) is 2.29. The SMILES string of the molecule is CCC(CC)NC(=O)c1cccc(Br)c1C. The van der Waals surface area contributed by atoms with E-state index >= 15 is 0 Å². The Labute approximate surface area is 106 Å². The van der Waals surface area contributed by atoms with Gasteiger partial charge in [0.05, 0.1) is 0 Å². The zero-order chi connectivity index (χ0) is 12.1. The first-order chi connectivity index (χ1) is 7.60. The lowest BCUT2D eigenvalue weighted by Crippen LogP contribution is -2.34. The molecule has 1 N–H and O–H groups in total. The number of benzene rings is 1. The van der Waals surface area contributed by atoms with Crippen molar-refractivity contribution in [1.82, 2.24) is 5.32 Å². The molecule has 0 saturated heterocycles. The highest BCUT2D eigenvalue weighted by Gasteiger charge is 2.13. The maximum Gasteiger partial charge on any atom is 0.251 e. The summed E-state index contributed by atoms with van der Waals surface area (Å²) in [5.41, 5.74) is 1.74. The third-order valence-electron chi connectivity index (χ3n) is 2.83. The Morgan fingerprint density at radius 2 is 2.00 bits per heavy atom. The quantitative estimate of drug-likeness (QED) is 0.898. The van der Waals surface area contributed by atoms with E-state index in [0.29, 0.717) is 0 Å². The Kier molecular flexibility index (Phi) is 5.00. The molecule has 1 aromatic carbocycles. The summed E-state index contributed by atoms with van der Waals surface area (Å²) in [4.78, 5) is 12.0. The van der Waals surface area contributed by atoms with Gasteiger partial charge in [0, 0.05) is 16.1 Å². The van der Waals surface area contributed by atoms with Crippen molar-refractivity contribution in [3.05, 3.63) is 33.8 Å². The van der Waals surface area contributed by atoms with Crippen LogP contribution < -0.4 is 5.32 Å². The van der Waals surface area contributed by atoms with E-state index in [-0.39, 0.29) is 11.9 Å². The highest BCUT2D eigenvalue weighted by Crippen LogP contribution is 2.19. The first-order valence-corrected chi connectivity index (χ1v) is 6.45. The highest BCUT2D eigenvalue weighted by molar-refractivity contribution is 9.10. The molecule has 1 aromatic rings. The second-order valence-electron chi connectivity index (χ2n) is 3.90. The number of carbonyl (C=O) groups excluding carboxylic acids is 1. The molecule has 0 fully saturated rings. The third kappa shape index (κ3) is 3.08. The van der Waals surface area contributed by atoms with Crippen LogP contribution in [0.3, 0.4) is 0 Å². The van der Waals surface area contributed by atoms with Crippen molar-refractivity contribution in [2.75, 3.05) is 0 Å². The molecule has 16 heavy (non-hydrogen) atoms. The van der Waals surface area contributed by atoms with Crippen molar-refractivity contribution in [3.8, 4) is 0 Å². The van der Waals surface area contributed by atoms with Crippen LogP contribution >= 0.6 is 15.9 Å². The molecule has 1 amide bonds. The molecule has 0 aliphatic heterocycles. The van der Waals surface area contributed by atoms with Crippen molar-refractivity contribution in [2.24, 2.45) is 0 Å². The standard InChI is InChI=1S/C13H18BrNO/c1-4-10(5-2)15-13(16)11-7-6-8-12(14)9(11)3/h6-8,10H,4-5H2,1-3H3,(H,15,16). The van der Waals surface area contributed by atoms with Crippen LogP contribution in [0, 0.1) is 6.92 Å². The van der Waals surface area contributed by atoms with Crippen molar-refractivity contribution >= 4 is 21.8 Å². The van der Waals surface area contributed by atoms with Crippen LogP contribution in [0.15, 0.2) is 22.7 Å². The lowest BCUT2D eigenvalue weighted by atomic mass is 10.1. The molecule has 0 aliphatic carbocycles. The summed E-state index contributed by atoms with van der Waals surface area (Å²) >= 11 is 3.43. The fourth-order valence-electron chi connectivity index (χ4n) is 1.61. The fourth-order valence-corrected chi connectivity index (χ4v) is 1.98. The van der Waals surface area contributed by atoms with Gasteiger partial charge in [-0.2, -0.15) is 0 Å². The third-order valence-corrected chi connectivity index (χ3v) is 3.69.